The third kappa shape index (κ3) is 18.9. The van der Waals surface area contributed by atoms with Crippen molar-refractivity contribution < 1.29 is 10.1 Å². The number of unbranched alkanes of at least 4 members (excludes halogenated alkanes) is 5. The Labute approximate surface area is 137 Å². The summed E-state index contributed by atoms with van der Waals surface area (Å²) in [5, 5.41) is 8.16. The van der Waals surface area contributed by atoms with Crippen molar-refractivity contribution in [2.24, 2.45) is 0 Å². The van der Waals surface area contributed by atoms with Crippen LogP contribution >= 0.6 is 0 Å². The molecule has 0 spiro atoms. The molecule has 0 unspecified atom stereocenters. The summed E-state index contributed by atoms with van der Waals surface area (Å²) in [7, 11) is 0. The van der Waals surface area contributed by atoms with Crippen LogP contribution in [-0.4, -0.2) is 11.9 Å². The summed E-state index contributed by atoms with van der Waals surface area (Å²) in [6.45, 7) is 2.68. The minimum atomic E-state index is 0.438. The van der Waals surface area contributed by atoms with E-state index < -0.39 is 0 Å². The second-order valence-corrected chi connectivity index (χ2v) is 5.42. The van der Waals surface area contributed by atoms with Gasteiger partial charge < -0.3 is 0 Å². The molecule has 2 nitrogen and oxygen atoms in total. The summed E-state index contributed by atoms with van der Waals surface area (Å²) in [4.78, 5) is 4.02. The van der Waals surface area contributed by atoms with Gasteiger partial charge in [-0.05, 0) is 51.4 Å². The third-order valence-electron chi connectivity index (χ3n) is 3.31. The molecule has 0 aromatic heterocycles. The standard InChI is InChI=1S/C20H34O2/c1-2-3-4-5-6-7-8-9-10-11-12-13-14-15-16-17-18-19-20-22-21/h6-7,9-10,12-13,15-16,21H,2-5,8,11,14,17-20H2,1H3/b7-6-,10-9-,13-12-,16-15-. The Morgan fingerprint density at radius 2 is 1.09 bits per heavy atom. The highest BCUT2D eigenvalue weighted by Crippen LogP contribution is 2.01. The van der Waals surface area contributed by atoms with Gasteiger partial charge in [0.25, 0.3) is 0 Å². The lowest BCUT2D eigenvalue weighted by atomic mass is 10.2. The topological polar surface area (TPSA) is 29.5 Å². The molecular weight excluding hydrogens is 272 g/mol. The molecule has 0 aliphatic heterocycles. The van der Waals surface area contributed by atoms with Crippen LogP contribution in [0.4, 0.5) is 0 Å². The fraction of sp³-hybridized carbons (Fsp3) is 0.600. The molecule has 0 saturated carbocycles. The minimum Gasteiger partial charge on any atom is -0.252 e. The molecule has 0 heterocycles. The Kier molecular flexibility index (Phi) is 18.9. The maximum Gasteiger partial charge on any atom is 0.0819 e. The lowest BCUT2D eigenvalue weighted by Crippen LogP contribution is -1.87. The number of hydrogen-bond acceptors (Lipinski definition) is 2. The monoisotopic (exact) mass is 306 g/mol. The predicted molar refractivity (Wildman–Crippen MR) is 97.0 cm³/mol. The van der Waals surface area contributed by atoms with Gasteiger partial charge in [-0.1, -0.05) is 68.4 Å². The highest BCUT2D eigenvalue weighted by atomic mass is 17.1. The quantitative estimate of drug-likeness (QED) is 0.159. The Bertz CT molecular complexity index is 314. The van der Waals surface area contributed by atoms with Crippen LogP contribution in [0.1, 0.15) is 71.1 Å². The van der Waals surface area contributed by atoms with Crippen molar-refractivity contribution in [2.75, 3.05) is 6.61 Å². The molecule has 0 aromatic carbocycles. The molecule has 0 aliphatic rings. The highest BCUT2D eigenvalue weighted by Gasteiger charge is 1.84. The average molecular weight is 306 g/mol. The van der Waals surface area contributed by atoms with Crippen molar-refractivity contribution in [3.05, 3.63) is 48.6 Å². The van der Waals surface area contributed by atoms with Crippen LogP contribution in [0.15, 0.2) is 48.6 Å². The summed E-state index contributed by atoms with van der Waals surface area (Å²) >= 11 is 0. The van der Waals surface area contributed by atoms with E-state index in [-0.39, 0.29) is 0 Å². The van der Waals surface area contributed by atoms with Gasteiger partial charge in [-0.15, -0.1) is 0 Å². The fourth-order valence-electron chi connectivity index (χ4n) is 1.99. The first-order chi connectivity index (χ1) is 10.9. The Morgan fingerprint density at radius 3 is 1.55 bits per heavy atom. The third-order valence-corrected chi connectivity index (χ3v) is 3.31. The van der Waals surface area contributed by atoms with Gasteiger partial charge in [0.2, 0.25) is 0 Å². The van der Waals surface area contributed by atoms with Crippen molar-refractivity contribution in [1.82, 2.24) is 0 Å². The molecule has 0 amide bonds. The number of allylic oxidation sites excluding steroid dienone is 8. The molecule has 0 rings (SSSR count). The van der Waals surface area contributed by atoms with E-state index in [2.05, 4.69) is 60.4 Å². The van der Waals surface area contributed by atoms with Crippen molar-refractivity contribution in [3.8, 4) is 0 Å². The second kappa shape index (κ2) is 19.9. The van der Waals surface area contributed by atoms with Crippen LogP contribution in [0.2, 0.25) is 0 Å². The zero-order chi connectivity index (χ0) is 16.1. The highest BCUT2D eigenvalue weighted by molar-refractivity contribution is 4.99. The Balaban J connectivity index is 3.35. The van der Waals surface area contributed by atoms with Crippen LogP contribution in [0.25, 0.3) is 0 Å². The van der Waals surface area contributed by atoms with Gasteiger partial charge in [-0.25, -0.2) is 4.89 Å². The van der Waals surface area contributed by atoms with Crippen LogP contribution < -0.4 is 0 Å². The minimum absolute atomic E-state index is 0.438. The molecule has 0 radical (unpaired) electrons. The van der Waals surface area contributed by atoms with Gasteiger partial charge >= 0.3 is 0 Å². The summed E-state index contributed by atoms with van der Waals surface area (Å²) in [5.74, 6) is 0. The zero-order valence-electron chi connectivity index (χ0n) is 14.3. The van der Waals surface area contributed by atoms with Gasteiger partial charge in [0.05, 0.1) is 6.61 Å². The van der Waals surface area contributed by atoms with E-state index in [1.165, 1.54) is 25.7 Å². The first-order valence-corrected chi connectivity index (χ1v) is 8.78. The van der Waals surface area contributed by atoms with Crippen LogP contribution in [0, 0.1) is 0 Å². The van der Waals surface area contributed by atoms with E-state index >= 15 is 0 Å². The average Bonchev–Trinajstić information content (AvgIpc) is 2.54. The van der Waals surface area contributed by atoms with Gasteiger partial charge in [-0.2, -0.15) is 0 Å². The smallest absolute Gasteiger partial charge is 0.0819 e. The molecule has 22 heavy (non-hydrogen) atoms. The van der Waals surface area contributed by atoms with E-state index in [9.17, 15) is 0 Å². The summed E-state index contributed by atoms with van der Waals surface area (Å²) in [6, 6.07) is 0. The Morgan fingerprint density at radius 1 is 0.636 bits per heavy atom. The molecular formula is C20H34O2. The number of rotatable bonds is 15. The molecule has 0 fully saturated rings. The molecule has 0 aliphatic carbocycles. The first-order valence-electron chi connectivity index (χ1n) is 8.78. The van der Waals surface area contributed by atoms with E-state index in [4.69, 9.17) is 5.26 Å². The van der Waals surface area contributed by atoms with Gasteiger partial charge in [0.15, 0.2) is 0 Å². The first kappa shape index (κ1) is 20.9. The predicted octanol–water partition coefficient (Wildman–Crippen LogP) is 6.62. The van der Waals surface area contributed by atoms with E-state index in [0.717, 1.165) is 38.5 Å². The molecule has 0 bridgehead atoms. The van der Waals surface area contributed by atoms with Crippen molar-refractivity contribution >= 4 is 0 Å². The van der Waals surface area contributed by atoms with E-state index in [1.807, 2.05) is 0 Å². The molecule has 126 valence electrons. The largest absolute Gasteiger partial charge is 0.252 e. The lowest BCUT2D eigenvalue weighted by Gasteiger charge is -1.93. The maximum atomic E-state index is 8.16. The zero-order valence-corrected chi connectivity index (χ0v) is 14.3. The SMILES string of the molecule is CCCCC/C=C\C/C=C\C/C=C\C/C=C\CCCCOO. The molecule has 2 heteroatoms. The van der Waals surface area contributed by atoms with Crippen LogP contribution in [0.5, 0.6) is 0 Å². The molecule has 0 saturated heterocycles. The summed E-state index contributed by atoms with van der Waals surface area (Å²) in [5.41, 5.74) is 0. The number of hydrogen-bond donors (Lipinski definition) is 1. The van der Waals surface area contributed by atoms with Crippen LogP contribution in [0.3, 0.4) is 0 Å². The van der Waals surface area contributed by atoms with Gasteiger partial charge in [0, 0.05) is 0 Å². The molecule has 0 aromatic rings. The van der Waals surface area contributed by atoms with E-state index in [0.29, 0.717) is 6.61 Å². The summed E-state index contributed by atoms with van der Waals surface area (Å²) in [6.07, 6.45) is 29.1. The fourth-order valence-corrected chi connectivity index (χ4v) is 1.99. The normalized spacial score (nSPS) is 12.6. The summed E-state index contributed by atoms with van der Waals surface area (Å²) < 4.78 is 0. The lowest BCUT2D eigenvalue weighted by molar-refractivity contribution is -0.242. The second-order valence-electron chi connectivity index (χ2n) is 5.42. The van der Waals surface area contributed by atoms with Crippen molar-refractivity contribution in [2.45, 2.75) is 71.1 Å². The van der Waals surface area contributed by atoms with Gasteiger partial charge in [0.1, 0.15) is 0 Å². The Hall–Kier alpha value is -1.12. The molecule has 0 atom stereocenters. The van der Waals surface area contributed by atoms with Crippen molar-refractivity contribution in [1.29, 1.82) is 0 Å². The van der Waals surface area contributed by atoms with E-state index in [1.54, 1.807) is 0 Å². The maximum absolute atomic E-state index is 8.16. The molecule has 1 N–H and O–H groups in total. The van der Waals surface area contributed by atoms with Crippen LogP contribution in [-0.2, 0) is 4.89 Å². The van der Waals surface area contributed by atoms with Gasteiger partial charge in [-0.3, -0.25) is 5.26 Å². The van der Waals surface area contributed by atoms with Crippen molar-refractivity contribution in [3.63, 3.8) is 0 Å².